The first-order valence-corrected chi connectivity index (χ1v) is 6.89. The molecular formula is C16H21N3O2. The number of nitrogens with zero attached hydrogens (tertiary/aromatic N) is 3. The van der Waals surface area contributed by atoms with Crippen molar-refractivity contribution in [2.75, 3.05) is 7.11 Å². The zero-order valence-corrected chi connectivity index (χ0v) is 13.1. The summed E-state index contributed by atoms with van der Waals surface area (Å²) in [5, 5.41) is 8.13. The summed E-state index contributed by atoms with van der Waals surface area (Å²) in [5.74, 6) is 0. The van der Waals surface area contributed by atoms with Gasteiger partial charge in [0.25, 0.3) is 0 Å². The molecule has 0 aromatic heterocycles. The van der Waals surface area contributed by atoms with Gasteiger partial charge in [-0.05, 0) is 23.5 Å². The van der Waals surface area contributed by atoms with Crippen molar-refractivity contribution in [3.05, 3.63) is 47.3 Å². The Morgan fingerprint density at radius 3 is 2.38 bits per heavy atom. The van der Waals surface area contributed by atoms with Crippen LogP contribution in [0, 0.1) is 0 Å². The minimum absolute atomic E-state index is 0.0878. The van der Waals surface area contributed by atoms with Crippen LogP contribution in [0.1, 0.15) is 45.0 Å². The number of hydrogen-bond acceptors (Lipinski definition) is 4. The molecule has 0 bridgehead atoms. The zero-order chi connectivity index (χ0) is 15.6. The number of carbonyl (C=O) groups is 1. The standard InChI is InChI=1S/C16H21N3O2/c1-11-10-17-18-14(19(11)15(20)21-5)12-6-8-13(9-7-12)16(2,3)4/h6-10,14H,1-5H3. The molecule has 1 aliphatic heterocycles. The van der Waals surface area contributed by atoms with Crippen molar-refractivity contribution in [2.45, 2.75) is 39.3 Å². The van der Waals surface area contributed by atoms with Crippen molar-refractivity contribution >= 4 is 6.09 Å². The van der Waals surface area contributed by atoms with Crippen LogP contribution in [0.25, 0.3) is 0 Å². The number of azo groups is 1. The van der Waals surface area contributed by atoms with E-state index in [1.807, 2.05) is 19.1 Å². The van der Waals surface area contributed by atoms with Crippen LogP contribution in [-0.2, 0) is 10.2 Å². The number of benzene rings is 1. The highest BCUT2D eigenvalue weighted by Crippen LogP contribution is 2.31. The van der Waals surface area contributed by atoms with E-state index < -0.39 is 12.3 Å². The molecule has 1 aromatic carbocycles. The summed E-state index contributed by atoms with van der Waals surface area (Å²) < 4.78 is 4.83. The van der Waals surface area contributed by atoms with Crippen LogP contribution >= 0.6 is 0 Å². The van der Waals surface area contributed by atoms with Crippen molar-refractivity contribution in [3.8, 4) is 0 Å². The van der Waals surface area contributed by atoms with Crippen LogP contribution < -0.4 is 0 Å². The Morgan fingerprint density at radius 1 is 1.24 bits per heavy atom. The fraction of sp³-hybridized carbons (Fsp3) is 0.438. The Morgan fingerprint density at radius 2 is 1.86 bits per heavy atom. The van der Waals surface area contributed by atoms with Gasteiger partial charge in [0.05, 0.1) is 13.3 Å². The maximum Gasteiger partial charge on any atom is 0.415 e. The lowest BCUT2D eigenvalue weighted by Crippen LogP contribution is -2.33. The Bertz CT molecular complexity index is 583. The molecule has 0 aliphatic carbocycles. The van der Waals surface area contributed by atoms with Crippen LogP contribution in [-0.4, -0.2) is 18.1 Å². The van der Waals surface area contributed by atoms with E-state index in [2.05, 4.69) is 43.1 Å². The van der Waals surface area contributed by atoms with Gasteiger partial charge in [0.15, 0.2) is 6.17 Å². The van der Waals surface area contributed by atoms with E-state index in [9.17, 15) is 4.79 Å². The lowest BCUT2D eigenvalue weighted by molar-refractivity contribution is 0.118. The molecule has 0 saturated carbocycles. The summed E-state index contributed by atoms with van der Waals surface area (Å²) in [7, 11) is 1.36. The topological polar surface area (TPSA) is 54.3 Å². The highest BCUT2D eigenvalue weighted by Gasteiger charge is 2.29. The van der Waals surface area contributed by atoms with Crippen LogP contribution in [0.15, 0.2) is 46.4 Å². The molecule has 5 heteroatoms. The first kappa shape index (κ1) is 15.2. The van der Waals surface area contributed by atoms with Crippen LogP contribution in [0.4, 0.5) is 4.79 Å². The van der Waals surface area contributed by atoms with E-state index in [-0.39, 0.29) is 5.41 Å². The number of rotatable bonds is 1. The molecule has 1 heterocycles. The molecule has 112 valence electrons. The largest absolute Gasteiger partial charge is 0.452 e. The van der Waals surface area contributed by atoms with Gasteiger partial charge < -0.3 is 4.74 Å². The third-order valence-electron chi connectivity index (χ3n) is 3.49. The number of ether oxygens (including phenoxy) is 1. The quantitative estimate of drug-likeness (QED) is 0.769. The smallest absolute Gasteiger partial charge is 0.415 e. The molecule has 1 aliphatic rings. The highest BCUT2D eigenvalue weighted by molar-refractivity contribution is 5.70. The van der Waals surface area contributed by atoms with E-state index in [1.165, 1.54) is 17.6 Å². The summed E-state index contributed by atoms with van der Waals surface area (Å²) in [6.07, 6.45) is 0.639. The third kappa shape index (κ3) is 3.12. The Balaban J connectivity index is 2.33. The fourth-order valence-electron chi connectivity index (χ4n) is 2.20. The average molecular weight is 287 g/mol. The molecule has 5 nitrogen and oxygen atoms in total. The van der Waals surface area contributed by atoms with Crippen molar-refractivity contribution < 1.29 is 9.53 Å². The molecule has 0 fully saturated rings. The predicted octanol–water partition coefficient (Wildman–Crippen LogP) is 4.38. The fourth-order valence-corrected chi connectivity index (χ4v) is 2.20. The lowest BCUT2D eigenvalue weighted by atomic mass is 9.86. The summed E-state index contributed by atoms with van der Waals surface area (Å²) in [6.45, 7) is 8.30. The van der Waals surface area contributed by atoms with E-state index >= 15 is 0 Å². The first-order chi connectivity index (χ1) is 9.84. The molecular weight excluding hydrogens is 266 g/mol. The molecule has 1 unspecified atom stereocenters. The van der Waals surface area contributed by atoms with Crippen molar-refractivity contribution in [1.82, 2.24) is 4.90 Å². The van der Waals surface area contributed by atoms with Crippen LogP contribution in [0.5, 0.6) is 0 Å². The molecule has 0 radical (unpaired) electrons. The summed E-state index contributed by atoms with van der Waals surface area (Å²) in [5.41, 5.74) is 2.94. The minimum atomic E-state index is -0.475. The second-order valence-corrected chi connectivity index (χ2v) is 6.09. The van der Waals surface area contributed by atoms with E-state index in [4.69, 9.17) is 4.74 Å². The van der Waals surface area contributed by atoms with Crippen LogP contribution in [0.2, 0.25) is 0 Å². The summed E-state index contributed by atoms with van der Waals surface area (Å²) in [4.78, 5) is 13.4. The molecule has 21 heavy (non-hydrogen) atoms. The number of methoxy groups -OCH3 is 1. The van der Waals surface area contributed by atoms with Crippen molar-refractivity contribution in [3.63, 3.8) is 0 Å². The Kier molecular flexibility index (Phi) is 4.11. The van der Waals surface area contributed by atoms with Gasteiger partial charge in [-0.1, -0.05) is 45.0 Å². The van der Waals surface area contributed by atoms with E-state index in [1.54, 1.807) is 6.20 Å². The summed E-state index contributed by atoms with van der Waals surface area (Å²) in [6, 6.07) is 8.10. The maximum atomic E-state index is 11.9. The van der Waals surface area contributed by atoms with Crippen LogP contribution in [0.3, 0.4) is 0 Å². The number of amides is 1. The molecule has 2 rings (SSSR count). The first-order valence-electron chi connectivity index (χ1n) is 6.89. The molecule has 1 atom stereocenters. The van der Waals surface area contributed by atoms with Gasteiger partial charge >= 0.3 is 6.09 Å². The van der Waals surface area contributed by atoms with E-state index in [0.717, 1.165) is 5.56 Å². The van der Waals surface area contributed by atoms with Gasteiger partial charge in [-0.15, -0.1) is 0 Å². The monoisotopic (exact) mass is 287 g/mol. The molecule has 0 saturated heterocycles. The predicted molar refractivity (Wildman–Crippen MR) is 80.7 cm³/mol. The lowest BCUT2D eigenvalue weighted by Gasteiger charge is -2.29. The molecule has 1 amide bonds. The van der Waals surface area contributed by atoms with Crippen molar-refractivity contribution in [2.24, 2.45) is 10.2 Å². The number of allylic oxidation sites excluding steroid dienone is 1. The number of hydrogen-bond donors (Lipinski definition) is 0. The SMILES string of the molecule is COC(=O)N1C(C)=CN=NC1c1ccc(C(C)(C)C)cc1. The maximum absolute atomic E-state index is 11.9. The molecule has 1 aromatic rings. The van der Waals surface area contributed by atoms with Crippen molar-refractivity contribution in [1.29, 1.82) is 0 Å². The third-order valence-corrected chi connectivity index (χ3v) is 3.49. The molecule has 0 N–H and O–H groups in total. The normalized spacial score (nSPS) is 18.4. The average Bonchev–Trinajstić information content (AvgIpc) is 2.45. The van der Waals surface area contributed by atoms with Gasteiger partial charge in [0, 0.05) is 5.70 Å². The molecule has 0 spiro atoms. The van der Waals surface area contributed by atoms with E-state index in [0.29, 0.717) is 5.70 Å². The van der Waals surface area contributed by atoms with Gasteiger partial charge in [0.2, 0.25) is 0 Å². The zero-order valence-electron chi connectivity index (χ0n) is 13.1. The van der Waals surface area contributed by atoms with Gasteiger partial charge in [-0.3, -0.25) is 4.90 Å². The second-order valence-electron chi connectivity index (χ2n) is 6.09. The second kappa shape index (κ2) is 5.68. The van der Waals surface area contributed by atoms with Gasteiger partial charge in [-0.25, -0.2) is 4.79 Å². The van der Waals surface area contributed by atoms with Gasteiger partial charge in [0.1, 0.15) is 0 Å². The Hall–Kier alpha value is -2.17. The Labute approximate surface area is 125 Å². The van der Waals surface area contributed by atoms with Gasteiger partial charge in [-0.2, -0.15) is 10.2 Å². The highest BCUT2D eigenvalue weighted by atomic mass is 16.5. The number of carbonyl (C=O) groups excluding carboxylic acids is 1. The minimum Gasteiger partial charge on any atom is -0.452 e. The summed E-state index contributed by atoms with van der Waals surface area (Å²) >= 11 is 0.